The molecule has 0 saturated heterocycles. The maximum Gasteiger partial charge on any atom is 0.159 e. The van der Waals surface area contributed by atoms with Crippen LogP contribution >= 0.6 is 0 Å². The molecule has 0 aliphatic carbocycles. The second-order valence-electron chi connectivity index (χ2n) is 7.43. The number of hydrogen-bond acceptors (Lipinski definition) is 0. The lowest BCUT2D eigenvalue weighted by Crippen LogP contribution is -1.90. The monoisotopic (exact) mass is 406 g/mol. The van der Waals surface area contributed by atoms with Crippen LogP contribution in [0.2, 0.25) is 0 Å². The lowest BCUT2D eigenvalue weighted by molar-refractivity contribution is 0.509. The number of aryl methyl sites for hydroxylation is 1. The summed E-state index contributed by atoms with van der Waals surface area (Å²) >= 11 is 0. The minimum Gasteiger partial charge on any atom is -0.206 e. The summed E-state index contributed by atoms with van der Waals surface area (Å²) in [6.07, 6.45) is 7.40. The Morgan fingerprint density at radius 3 is 2.03 bits per heavy atom. The van der Waals surface area contributed by atoms with E-state index < -0.39 is 17.5 Å². The number of rotatable bonds is 7. The van der Waals surface area contributed by atoms with Crippen molar-refractivity contribution in [1.29, 1.82) is 0 Å². The second-order valence-corrected chi connectivity index (χ2v) is 7.43. The molecule has 0 heterocycles. The van der Waals surface area contributed by atoms with Crippen molar-refractivity contribution in [3.8, 4) is 23.0 Å². The fourth-order valence-corrected chi connectivity index (χ4v) is 3.32. The summed E-state index contributed by atoms with van der Waals surface area (Å²) in [5.41, 5.74) is 3.20. The summed E-state index contributed by atoms with van der Waals surface area (Å²) in [5, 5.41) is 0. The zero-order valence-corrected chi connectivity index (χ0v) is 17.2. The SMILES string of the molecule is CCCCCCCc1ccc(C#Cc2ccc(-c3ccc(F)c(F)c3)c(F)c2)cc1. The first-order valence-electron chi connectivity index (χ1n) is 10.4. The van der Waals surface area contributed by atoms with E-state index in [2.05, 4.69) is 30.9 Å². The van der Waals surface area contributed by atoms with Gasteiger partial charge in [-0.3, -0.25) is 0 Å². The predicted octanol–water partition coefficient (Wildman–Crippen LogP) is 7.68. The highest BCUT2D eigenvalue weighted by atomic mass is 19.2. The number of halogens is 3. The van der Waals surface area contributed by atoms with E-state index in [-0.39, 0.29) is 11.1 Å². The summed E-state index contributed by atoms with van der Waals surface area (Å²) in [6, 6.07) is 16.0. The molecular weight excluding hydrogens is 381 g/mol. The van der Waals surface area contributed by atoms with Crippen LogP contribution in [0, 0.1) is 29.3 Å². The molecule has 0 N–H and O–H groups in total. The summed E-state index contributed by atoms with van der Waals surface area (Å²) in [6.45, 7) is 2.22. The van der Waals surface area contributed by atoms with E-state index in [0.29, 0.717) is 5.56 Å². The zero-order valence-electron chi connectivity index (χ0n) is 17.2. The number of hydrogen-bond donors (Lipinski definition) is 0. The minimum atomic E-state index is -1.000. The molecular formula is C27H25F3. The van der Waals surface area contributed by atoms with E-state index in [0.717, 1.165) is 24.1 Å². The molecule has 0 nitrogen and oxygen atoms in total. The van der Waals surface area contributed by atoms with Crippen LogP contribution in [0.5, 0.6) is 0 Å². The largest absolute Gasteiger partial charge is 0.206 e. The van der Waals surface area contributed by atoms with Crippen molar-refractivity contribution >= 4 is 0 Å². The van der Waals surface area contributed by atoms with Gasteiger partial charge in [-0.2, -0.15) is 0 Å². The lowest BCUT2D eigenvalue weighted by Gasteiger charge is -2.05. The van der Waals surface area contributed by atoms with Crippen molar-refractivity contribution in [1.82, 2.24) is 0 Å². The van der Waals surface area contributed by atoms with Crippen LogP contribution in [0.4, 0.5) is 13.2 Å². The highest BCUT2D eigenvalue weighted by Crippen LogP contribution is 2.25. The van der Waals surface area contributed by atoms with E-state index >= 15 is 0 Å². The van der Waals surface area contributed by atoms with Gasteiger partial charge >= 0.3 is 0 Å². The Kier molecular flexibility index (Phi) is 7.74. The fourth-order valence-electron chi connectivity index (χ4n) is 3.32. The molecule has 0 radical (unpaired) electrons. The maximum atomic E-state index is 14.5. The van der Waals surface area contributed by atoms with E-state index in [1.54, 1.807) is 6.07 Å². The topological polar surface area (TPSA) is 0 Å². The standard InChI is InChI=1S/C27H25F3/c1-2-3-4-5-6-7-20-8-10-21(11-9-20)12-13-22-14-16-24(26(29)18-22)23-15-17-25(28)27(30)19-23/h8-11,14-19H,2-7H2,1H3. The molecule has 0 atom stereocenters. The molecule has 154 valence electrons. The van der Waals surface area contributed by atoms with Crippen molar-refractivity contribution in [2.45, 2.75) is 45.4 Å². The Hall–Kier alpha value is -2.99. The summed E-state index contributed by atoms with van der Waals surface area (Å²) in [4.78, 5) is 0. The van der Waals surface area contributed by atoms with Crippen molar-refractivity contribution < 1.29 is 13.2 Å². The van der Waals surface area contributed by atoms with E-state index in [9.17, 15) is 13.2 Å². The molecule has 30 heavy (non-hydrogen) atoms. The van der Waals surface area contributed by atoms with Crippen LogP contribution < -0.4 is 0 Å². The van der Waals surface area contributed by atoms with Crippen molar-refractivity contribution in [2.75, 3.05) is 0 Å². The average Bonchev–Trinajstić information content (AvgIpc) is 2.75. The first kappa shape index (κ1) is 21.7. The predicted molar refractivity (Wildman–Crippen MR) is 117 cm³/mol. The summed E-state index contributed by atoms with van der Waals surface area (Å²) in [5.74, 6) is 3.54. The molecule has 3 aromatic carbocycles. The molecule has 0 aromatic heterocycles. The lowest BCUT2D eigenvalue weighted by atomic mass is 10.0. The van der Waals surface area contributed by atoms with E-state index in [4.69, 9.17) is 0 Å². The Bertz CT molecular complexity index is 1040. The van der Waals surface area contributed by atoms with Gasteiger partial charge in [0, 0.05) is 16.7 Å². The molecule has 0 bridgehead atoms. The Morgan fingerprint density at radius 1 is 0.633 bits per heavy atom. The van der Waals surface area contributed by atoms with Crippen molar-refractivity contribution in [3.63, 3.8) is 0 Å². The summed E-state index contributed by atoms with van der Waals surface area (Å²) < 4.78 is 41.0. The Labute approximate surface area is 176 Å². The van der Waals surface area contributed by atoms with Gasteiger partial charge in [0.05, 0.1) is 0 Å². The van der Waals surface area contributed by atoms with Crippen LogP contribution in [0.15, 0.2) is 60.7 Å². The van der Waals surface area contributed by atoms with Gasteiger partial charge in [-0.25, -0.2) is 13.2 Å². The van der Waals surface area contributed by atoms with Crippen LogP contribution in [-0.2, 0) is 6.42 Å². The smallest absolute Gasteiger partial charge is 0.159 e. The fraction of sp³-hybridized carbons (Fsp3) is 0.259. The number of unbranched alkanes of at least 4 members (excludes halogenated alkanes) is 4. The molecule has 3 rings (SSSR count). The third kappa shape index (κ3) is 6.00. The van der Waals surface area contributed by atoms with E-state index in [1.165, 1.54) is 55.9 Å². The Morgan fingerprint density at radius 2 is 1.33 bits per heavy atom. The van der Waals surface area contributed by atoms with Crippen molar-refractivity contribution in [3.05, 3.63) is 94.8 Å². The van der Waals surface area contributed by atoms with Gasteiger partial charge in [-0.1, -0.05) is 68.7 Å². The second kappa shape index (κ2) is 10.7. The normalized spacial score (nSPS) is 10.5. The molecule has 0 saturated carbocycles. The summed E-state index contributed by atoms with van der Waals surface area (Å²) in [7, 11) is 0. The third-order valence-corrected chi connectivity index (χ3v) is 5.07. The number of benzene rings is 3. The van der Waals surface area contributed by atoms with Crippen LogP contribution in [0.3, 0.4) is 0 Å². The minimum absolute atomic E-state index is 0.211. The highest BCUT2D eigenvalue weighted by molar-refractivity contribution is 5.65. The Balaban J connectivity index is 1.64. The van der Waals surface area contributed by atoms with Crippen LogP contribution in [0.1, 0.15) is 55.7 Å². The molecule has 0 amide bonds. The molecule has 0 aliphatic rings. The first-order chi connectivity index (χ1) is 14.6. The van der Waals surface area contributed by atoms with Gasteiger partial charge < -0.3 is 0 Å². The third-order valence-electron chi connectivity index (χ3n) is 5.07. The zero-order chi connectivity index (χ0) is 21.3. The first-order valence-corrected chi connectivity index (χ1v) is 10.4. The molecule has 0 aliphatic heterocycles. The van der Waals surface area contributed by atoms with Gasteiger partial charge in [0.1, 0.15) is 5.82 Å². The molecule has 0 fully saturated rings. The van der Waals surface area contributed by atoms with Gasteiger partial charge in [0.2, 0.25) is 0 Å². The quantitative estimate of drug-likeness (QED) is 0.279. The highest BCUT2D eigenvalue weighted by Gasteiger charge is 2.09. The average molecular weight is 406 g/mol. The van der Waals surface area contributed by atoms with Gasteiger partial charge in [-0.05, 0) is 60.4 Å². The molecule has 3 aromatic rings. The van der Waals surface area contributed by atoms with Crippen LogP contribution in [-0.4, -0.2) is 0 Å². The molecule has 0 spiro atoms. The van der Waals surface area contributed by atoms with E-state index in [1.807, 2.05) is 12.1 Å². The maximum absolute atomic E-state index is 14.5. The molecule has 0 unspecified atom stereocenters. The van der Waals surface area contributed by atoms with Gasteiger partial charge in [-0.15, -0.1) is 0 Å². The molecule has 3 heteroatoms. The van der Waals surface area contributed by atoms with Gasteiger partial charge in [0.25, 0.3) is 0 Å². The van der Waals surface area contributed by atoms with Gasteiger partial charge in [0.15, 0.2) is 11.6 Å². The van der Waals surface area contributed by atoms with Crippen LogP contribution in [0.25, 0.3) is 11.1 Å². The van der Waals surface area contributed by atoms with Crippen molar-refractivity contribution in [2.24, 2.45) is 0 Å².